The van der Waals surface area contributed by atoms with E-state index in [0.29, 0.717) is 11.3 Å². The van der Waals surface area contributed by atoms with E-state index in [9.17, 15) is 4.79 Å². The number of hydrogen-bond acceptors (Lipinski definition) is 5. The summed E-state index contributed by atoms with van der Waals surface area (Å²) >= 11 is 0. The molecule has 0 aliphatic carbocycles. The molecule has 0 radical (unpaired) electrons. The average Bonchev–Trinajstić information content (AvgIpc) is 3.39. The zero-order valence-electron chi connectivity index (χ0n) is 15.2. The zero-order chi connectivity index (χ0) is 19.2. The number of aldehydes is 1. The maximum Gasteiger partial charge on any atom is 0.153 e. The van der Waals surface area contributed by atoms with Crippen LogP contribution in [0.15, 0.2) is 67.5 Å². The van der Waals surface area contributed by atoms with Gasteiger partial charge in [-0.25, -0.2) is 0 Å². The third-order valence-corrected chi connectivity index (χ3v) is 3.90. The van der Waals surface area contributed by atoms with Gasteiger partial charge in [-0.05, 0) is 5.56 Å². The van der Waals surface area contributed by atoms with E-state index in [-0.39, 0.29) is 6.04 Å². The predicted molar refractivity (Wildman–Crippen MR) is 102 cm³/mol. The fraction of sp³-hybridized carbons (Fsp3) is 0.158. The van der Waals surface area contributed by atoms with Gasteiger partial charge in [0.15, 0.2) is 6.29 Å². The quantitative estimate of drug-likeness (QED) is 0.560. The number of nitrogens with two attached hydrogens (primary N) is 1. The Morgan fingerprint density at radius 1 is 0.889 bits per heavy atom. The number of aryl methyl sites for hydroxylation is 2. The number of hydrogen-bond donors (Lipinski definition) is 1. The highest BCUT2D eigenvalue weighted by molar-refractivity contribution is 5.73. The summed E-state index contributed by atoms with van der Waals surface area (Å²) in [5, 5.41) is 12.3. The van der Waals surface area contributed by atoms with Crippen LogP contribution in [0.1, 0.15) is 27.5 Å². The Morgan fingerprint density at radius 2 is 1.59 bits per heavy atom. The van der Waals surface area contributed by atoms with Gasteiger partial charge in [-0.3, -0.25) is 18.8 Å². The molecule has 0 saturated carbocycles. The molecule has 3 heterocycles. The third kappa shape index (κ3) is 4.49. The summed E-state index contributed by atoms with van der Waals surface area (Å²) in [6, 6.07) is 10.2. The minimum atomic E-state index is -0.00722. The van der Waals surface area contributed by atoms with E-state index in [1.165, 1.54) is 6.20 Å². The molecule has 1 aromatic carbocycles. The molecule has 27 heavy (non-hydrogen) atoms. The Kier molecular flexibility index (Phi) is 5.46. The monoisotopic (exact) mass is 363 g/mol. The molecule has 0 fully saturated rings. The van der Waals surface area contributed by atoms with Gasteiger partial charge in [0.25, 0.3) is 0 Å². The van der Waals surface area contributed by atoms with Crippen molar-refractivity contribution in [2.45, 2.75) is 6.04 Å². The van der Waals surface area contributed by atoms with Crippen LogP contribution in [-0.4, -0.2) is 35.6 Å². The van der Waals surface area contributed by atoms with Gasteiger partial charge in [0, 0.05) is 38.2 Å². The second-order valence-corrected chi connectivity index (χ2v) is 6.08. The molecule has 4 rings (SSSR count). The van der Waals surface area contributed by atoms with Crippen LogP contribution in [0.25, 0.3) is 0 Å². The predicted octanol–water partition coefficient (Wildman–Crippen LogP) is 2.07. The van der Waals surface area contributed by atoms with Gasteiger partial charge >= 0.3 is 0 Å². The summed E-state index contributed by atoms with van der Waals surface area (Å²) in [6.45, 7) is 0. The van der Waals surface area contributed by atoms with Crippen LogP contribution >= 0.6 is 0 Å². The van der Waals surface area contributed by atoms with Crippen molar-refractivity contribution in [2.24, 2.45) is 14.1 Å². The molecule has 8 heteroatoms. The smallest absolute Gasteiger partial charge is 0.153 e. The van der Waals surface area contributed by atoms with E-state index in [2.05, 4.69) is 27.4 Å². The van der Waals surface area contributed by atoms with Crippen LogP contribution < -0.4 is 5.73 Å². The first kappa shape index (κ1) is 18.1. The second-order valence-electron chi connectivity index (χ2n) is 6.08. The molecule has 138 valence electrons. The molecule has 0 aliphatic rings. The van der Waals surface area contributed by atoms with Crippen LogP contribution in [0.3, 0.4) is 0 Å². The van der Waals surface area contributed by atoms with E-state index in [1.54, 1.807) is 28.8 Å². The van der Waals surface area contributed by atoms with Gasteiger partial charge in [0.1, 0.15) is 6.04 Å². The first-order valence-corrected chi connectivity index (χ1v) is 8.33. The molecule has 0 amide bonds. The van der Waals surface area contributed by atoms with Crippen molar-refractivity contribution in [3.05, 3.63) is 84.2 Å². The fourth-order valence-electron chi connectivity index (χ4n) is 2.71. The number of aromatic nitrogens is 6. The molecule has 0 saturated heterocycles. The highest BCUT2D eigenvalue weighted by Gasteiger charge is 2.18. The zero-order valence-corrected chi connectivity index (χ0v) is 15.2. The Bertz CT molecular complexity index is 960. The molecule has 0 spiro atoms. The molecule has 1 atom stereocenters. The third-order valence-electron chi connectivity index (χ3n) is 3.90. The average molecular weight is 363 g/mol. The molecule has 8 nitrogen and oxygen atoms in total. The lowest BCUT2D eigenvalue weighted by atomic mass is 10.0. The molecule has 0 aliphatic heterocycles. The standard InChI is InChI=1S/C14H15N5.C5H6N2O/c1-18-9-12(7-16-18)14(11-5-3-2-4-6-11)19-10-13(15)8-17-19;1-7-3-5(4-8)2-6-7/h2-10,14H,15H2,1H3;2-4H,1H3. The normalized spacial score (nSPS) is 11.5. The van der Waals surface area contributed by atoms with Crippen molar-refractivity contribution >= 4 is 12.0 Å². The molecule has 3 aromatic heterocycles. The van der Waals surface area contributed by atoms with Crippen LogP contribution in [0.4, 0.5) is 5.69 Å². The maximum atomic E-state index is 9.97. The SMILES string of the molecule is Cn1cc(C(c2ccccc2)n2cc(N)cn2)cn1.Cn1cc(C=O)cn1. The van der Waals surface area contributed by atoms with Crippen LogP contribution in [-0.2, 0) is 14.1 Å². The Balaban J connectivity index is 0.000000221. The van der Waals surface area contributed by atoms with Crippen LogP contribution in [0.5, 0.6) is 0 Å². The van der Waals surface area contributed by atoms with Crippen molar-refractivity contribution in [3.63, 3.8) is 0 Å². The van der Waals surface area contributed by atoms with E-state index < -0.39 is 0 Å². The summed E-state index contributed by atoms with van der Waals surface area (Å²) in [6.07, 6.45) is 11.3. The Labute approximate surface area is 156 Å². The van der Waals surface area contributed by atoms with Gasteiger partial charge in [-0.1, -0.05) is 30.3 Å². The summed E-state index contributed by atoms with van der Waals surface area (Å²) in [7, 11) is 3.68. The van der Waals surface area contributed by atoms with Crippen molar-refractivity contribution in [1.82, 2.24) is 29.3 Å². The largest absolute Gasteiger partial charge is 0.396 e. The Morgan fingerprint density at radius 3 is 2.07 bits per heavy atom. The van der Waals surface area contributed by atoms with Crippen molar-refractivity contribution in [3.8, 4) is 0 Å². The van der Waals surface area contributed by atoms with Gasteiger partial charge in [-0.15, -0.1) is 0 Å². The summed E-state index contributed by atoms with van der Waals surface area (Å²) in [4.78, 5) is 9.97. The van der Waals surface area contributed by atoms with E-state index in [0.717, 1.165) is 17.4 Å². The second kappa shape index (κ2) is 8.13. The number of carbonyl (C=O) groups excluding carboxylic acids is 1. The van der Waals surface area contributed by atoms with Crippen LogP contribution in [0.2, 0.25) is 0 Å². The number of rotatable bonds is 4. The lowest BCUT2D eigenvalue weighted by Crippen LogP contribution is -2.12. The molecule has 2 N–H and O–H groups in total. The topological polar surface area (TPSA) is 96.5 Å². The summed E-state index contributed by atoms with van der Waals surface area (Å²) in [5.74, 6) is 0. The van der Waals surface area contributed by atoms with Crippen molar-refractivity contribution in [1.29, 1.82) is 0 Å². The highest BCUT2D eigenvalue weighted by Crippen LogP contribution is 2.26. The molecular weight excluding hydrogens is 342 g/mol. The lowest BCUT2D eigenvalue weighted by Gasteiger charge is -2.16. The van der Waals surface area contributed by atoms with E-state index >= 15 is 0 Å². The number of nitrogen functional groups attached to an aromatic ring is 1. The molecular formula is C19H21N7O. The summed E-state index contributed by atoms with van der Waals surface area (Å²) < 4.78 is 5.24. The summed E-state index contributed by atoms with van der Waals surface area (Å²) in [5.41, 5.74) is 9.28. The van der Waals surface area contributed by atoms with Crippen molar-refractivity contribution < 1.29 is 4.79 Å². The molecule has 1 unspecified atom stereocenters. The first-order valence-electron chi connectivity index (χ1n) is 8.33. The van der Waals surface area contributed by atoms with Gasteiger partial charge in [0.2, 0.25) is 0 Å². The van der Waals surface area contributed by atoms with Gasteiger partial charge in [-0.2, -0.15) is 15.3 Å². The minimum Gasteiger partial charge on any atom is -0.396 e. The van der Waals surface area contributed by atoms with Gasteiger partial charge < -0.3 is 5.73 Å². The first-order chi connectivity index (χ1) is 13.1. The molecule has 0 bridgehead atoms. The van der Waals surface area contributed by atoms with E-state index in [1.807, 2.05) is 48.5 Å². The fourth-order valence-corrected chi connectivity index (χ4v) is 2.71. The highest BCUT2D eigenvalue weighted by atomic mass is 16.1. The number of nitrogens with zero attached hydrogens (tertiary/aromatic N) is 6. The van der Waals surface area contributed by atoms with E-state index in [4.69, 9.17) is 5.73 Å². The number of carbonyl (C=O) groups is 1. The van der Waals surface area contributed by atoms with Crippen LogP contribution in [0, 0.1) is 0 Å². The van der Waals surface area contributed by atoms with Gasteiger partial charge in [0.05, 0.1) is 29.8 Å². The Hall–Kier alpha value is -3.68. The van der Waals surface area contributed by atoms with Crippen molar-refractivity contribution in [2.75, 3.05) is 5.73 Å². The molecule has 4 aromatic rings. The number of anilines is 1. The number of benzene rings is 1. The lowest BCUT2D eigenvalue weighted by molar-refractivity contribution is 0.112. The minimum absolute atomic E-state index is 0.00722. The maximum absolute atomic E-state index is 9.97.